The number of ether oxygens (including phenoxy) is 1. The Hall–Kier alpha value is -0.380. The first kappa shape index (κ1) is 14.0. The molecule has 1 aromatic heterocycles. The molecule has 0 saturated heterocycles. The van der Waals surface area contributed by atoms with Crippen LogP contribution in [0.1, 0.15) is 42.9 Å². The third-order valence-corrected chi connectivity index (χ3v) is 4.98. The van der Waals surface area contributed by atoms with Gasteiger partial charge in [-0.3, -0.25) is 0 Å². The molecule has 2 nitrogen and oxygen atoms in total. The molecule has 1 N–H and O–H groups in total. The summed E-state index contributed by atoms with van der Waals surface area (Å²) in [6.45, 7) is 2.88. The molecule has 1 unspecified atom stereocenters. The summed E-state index contributed by atoms with van der Waals surface area (Å²) in [5.74, 6) is 1.59. The number of hydrogen-bond acceptors (Lipinski definition) is 3. The lowest BCUT2D eigenvalue weighted by atomic mass is 9.79. The van der Waals surface area contributed by atoms with E-state index in [2.05, 4.69) is 22.8 Å². The highest BCUT2D eigenvalue weighted by molar-refractivity contribution is 7.10. The highest BCUT2D eigenvalue weighted by atomic mass is 32.1. The minimum atomic E-state index is 0.710. The van der Waals surface area contributed by atoms with Crippen LogP contribution < -0.4 is 5.32 Å². The van der Waals surface area contributed by atoms with Gasteiger partial charge in [-0.05, 0) is 30.2 Å². The topological polar surface area (TPSA) is 21.3 Å². The number of hydrogen-bond donors (Lipinski definition) is 1. The average Bonchev–Trinajstić information content (AvgIpc) is 2.94. The molecule has 1 fully saturated rings. The Morgan fingerprint density at radius 1 is 1.39 bits per heavy atom. The highest BCUT2D eigenvalue weighted by Crippen LogP contribution is 2.37. The first-order valence-corrected chi connectivity index (χ1v) is 8.03. The van der Waals surface area contributed by atoms with Gasteiger partial charge in [-0.1, -0.05) is 25.3 Å². The molecule has 1 saturated carbocycles. The Morgan fingerprint density at radius 2 is 2.22 bits per heavy atom. The van der Waals surface area contributed by atoms with Crippen LogP contribution >= 0.6 is 11.3 Å². The van der Waals surface area contributed by atoms with Crippen LogP contribution in [0.2, 0.25) is 0 Å². The molecular weight excluding hydrogens is 242 g/mol. The van der Waals surface area contributed by atoms with Crippen molar-refractivity contribution in [3.05, 3.63) is 22.4 Å². The van der Waals surface area contributed by atoms with Crippen LogP contribution in [0.4, 0.5) is 0 Å². The van der Waals surface area contributed by atoms with Gasteiger partial charge in [-0.15, -0.1) is 11.3 Å². The second-order valence-electron chi connectivity index (χ2n) is 5.22. The Kier molecular flexibility index (Phi) is 6.18. The van der Waals surface area contributed by atoms with E-state index in [0.717, 1.165) is 25.6 Å². The second kappa shape index (κ2) is 7.93. The molecule has 0 bridgehead atoms. The maximum Gasteiger partial charge on any atom is 0.0587 e. The summed E-state index contributed by atoms with van der Waals surface area (Å²) in [6.07, 6.45) is 7.10. The fourth-order valence-corrected chi connectivity index (χ4v) is 3.89. The minimum Gasteiger partial charge on any atom is -0.383 e. The molecular formula is C15H25NOS. The summed E-state index contributed by atoms with van der Waals surface area (Å²) < 4.78 is 5.10. The third-order valence-electron chi connectivity index (χ3n) is 3.97. The third kappa shape index (κ3) is 4.08. The maximum atomic E-state index is 5.10. The van der Waals surface area contributed by atoms with Gasteiger partial charge in [0.15, 0.2) is 0 Å². The fourth-order valence-electron chi connectivity index (χ4n) is 2.97. The molecule has 1 atom stereocenters. The molecule has 1 heterocycles. The monoisotopic (exact) mass is 267 g/mol. The number of thiophene rings is 1. The van der Waals surface area contributed by atoms with Crippen LogP contribution in [0.3, 0.4) is 0 Å². The summed E-state index contributed by atoms with van der Waals surface area (Å²) in [6, 6.07) is 4.49. The molecule has 1 aliphatic carbocycles. The zero-order valence-electron chi connectivity index (χ0n) is 11.4. The van der Waals surface area contributed by atoms with E-state index < -0.39 is 0 Å². The van der Waals surface area contributed by atoms with E-state index >= 15 is 0 Å². The van der Waals surface area contributed by atoms with Crippen LogP contribution in [0.5, 0.6) is 0 Å². The van der Waals surface area contributed by atoms with Gasteiger partial charge in [-0.2, -0.15) is 0 Å². The van der Waals surface area contributed by atoms with Crippen molar-refractivity contribution in [1.82, 2.24) is 5.32 Å². The van der Waals surface area contributed by atoms with Crippen molar-refractivity contribution in [2.45, 2.75) is 38.0 Å². The minimum absolute atomic E-state index is 0.710. The molecule has 0 spiro atoms. The summed E-state index contributed by atoms with van der Waals surface area (Å²) in [5, 5.41) is 5.76. The van der Waals surface area contributed by atoms with Crippen molar-refractivity contribution in [2.75, 3.05) is 26.8 Å². The van der Waals surface area contributed by atoms with E-state index in [0.29, 0.717) is 5.92 Å². The standard InChI is InChI=1S/C15H25NOS/c1-17-10-9-16-12-14(15-8-5-11-18-15)13-6-3-2-4-7-13/h5,8,11,13-14,16H,2-4,6-7,9-10,12H2,1H3. The SMILES string of the molecule is COCCNCC(c1cccs1)C1CCCCC1. The van der Waals surface area contributed by atoms with Crippen LogP contribution in [-0.2, 0) is 4.74 Å². The molecule has 0 amide bonds. The Morgan fingerprint density at radius 3 is 2.89 bits per heavy atom. The van der Waals surface area contributed by atoms with Crippen LogP contribution in [0.15, 0.2) is 17.5 Å². The van der Waals surface area contributed by atoms with Gasteiger partial charge in [0.25, 0.3) is 0 Å². The fraction of sp³-hybridized carbons (Fsp3) is 0.733. The van der Waals surface area contributed by atoms with Crippen molar-refractivity contribution in [2.24, 2.45) is 5.92 Å². The number of nitrogens with one attached hydrogen (secondary N) is 1. The quantitative estimate of drug-likeness (QED) is 0.761. The zero-order valence-corrected chi connectivity index (χ0v) is 12.2. The average molecular weight is 267 g/mol. The van der Waals surface area contributed by atoms with Gasteiger partial charge in [0.1, 0.15) is 0 Å². The van der Waals surface area contributed by atoms with Crippen molar-refractivity contribution < 1.29 is 4.74 Å². The van der Waals surface area contributed by atoms with Gasteiger partial charge in [-0.25, -0.2) is 0 Å². The first-order chi connectivity index (χ1) is 8.92. The van der Waals surface area contributed by atoms with Gasteiger partial charge >= 0.3 is 0 Å². The lowest BCUT2D eigenvalue weighted by molar-refractivity contribution is 0.196. The molecule has 1 aromatic rings. The summed E-state index contributed by atoms with van der Waals surface area (Å²) in [5.41, 5.74) is 0. The Labute approximate surface area is 115 Å². The molecule has 0 aromatic carbocycles. The van der Waals surface area contributed by atoms with E-state index in [1.54, 1.807) is 12.0 Å². The smallest absolute Gasteiger partial charge is 0.0587 e. The molecule has 2 rings (SSSR count). The summed E-state index contributed by atoms with van der Waals surface area (Å²) in [4.78, 5) is 1.56. The van der Waals surface area contributed by atoms with E-state index in [1.807, 2.05) is 11.3 Å². The van der Waals surface area contributed by atoms with E-state index in [4.69, 9.17) is 4.74 Å². The van der Waals surface area contributed by atoms with Gasteiger partial charge in [0, 0.05) is 31.0 Å². The molecule has 3 heteroatoms. The number of rotatable bonds is 7. The Balaban J connectivity index is 1.90. The predicted molar refractivity (Wildman–Crippen MR) is 78.4 cm³/mol. The molecule has 102 valence electrons. The molecule has 0 radical (unpaired) electrons. The van der Waals surface area contributed by atoms with Crippen molar-refractivity contribution in [1.29, 1.82) is 0 Å². The lowest BCUT2D eigenvalue weighted by Crippen LogP contribution is -2.29. The van der Waals surface area contributed by atoms with Gasteiger partial charge < -0.3 is 10.1 Å². The van der Waals surface area contributed by atoms with Crippen LogP contribution in [0.25, 0.3) is 0 Å². The van der Waals surface area contributed by atoms with Gasteiger partial charge in [0.05, 0.1) is 6.61 Å². The van der Waals surface area contributed by atoms with Gasteiger partial charge in [0.2, 0.25) is 0 Å². The first-order valence-electron chi connectivity index (χ1n) is 7.15. The second-order valence-corrected chi connectivity index (χ2v) is 6.20. The van der Waals surface area contributed by atoms with E-state index in [1.165, 1.54) is 32.1 Å². The lowest BCUT2D eigenvalue weighted by Gasteiger charge is -2.30. The normalized spacial score (nSPS) is 18.9. The van der Waals surface area contributed by atoms with Crippen molar-refractivity contribution >= 4 is 11.3 Å². The van der Waals surface area contributed by atoms with Crippen LogP contribution in [-0.4, -0.2) is 26.8 Å². The molecule has 1 aliphatic rings. The van der Waals surface area contributed by atoms with E-state index in [-0.39, 0.29) is 0 Å². The van der Waals surface area contributed by atoms with Crippen LogP contribution in [0, 0.1) is 5.92 Å². The maximum absolute atomic E-state index is 5.10. The zero-order chi connectivity index (χ0) is 12.6. The number of methoxy groups -OCH3 is 1. The van der Waals surface area contributed by atoms with Crippen molar-refractivity contribution in [3.63, 3.8) is 0 Å². The summed E-state index contributed by atoms with van der Waals surface area (Å²) in [7, 11) is 1.76. The molecule has 18 heavy (non-hydrogen) atoms. The summed E-state index contributed by atoms with van der Waals surface area (Å²) >= 11 is 1.92. The van der Waals surface area contributed by atoms with Crippen molar-refractivity contribution in [3.8, 4) is 0 Å². The van der Waals surface area contributed by atoms with E-state index in [9.17, 15) is 0 Å². The molecule has 0 aliphatic heterocycles. The predicted octanol–water partition coefficient (Wildman–Crippen LogP) is 3.65. The largest absolute Gasteiger partial charge is 0.383 e. The highest BCUT2D eigenvalue weighted by Gasteiger charge is 2.25. The Bertz CT molecular complexity index is 306.